The molecule has 6 heteroatoms. The zero-order valence-electron chi connectivity index (χ0n) is 10.4. The zero-order valence-corrected chi connectivity index (χ0v) is 12.1. The molecule has 0 spiro atoms. The normalized spacial score (nSPS) is 13.2. The first-order valence-corrected chi connectivity index (χ1v) is 8.14. The van der Waals surface area contributed by atoms with E-state index in [-0.39, 0.29) is 6.54 Å². The Morgan fingerprint density at radius 1 is 1.26 bits per heavy atom. The Bertz CT molecular complexity index is 636. The predicted molar refractivity (Wildman–Crippen MR) is 76.3 cm³/mol. The van der Waals surface area contributed by atoms with Crippen LogP contribution < -0.4 is 10.5 Å². The van der Waals surface area contributed by atoms with Gasteiger partial charge in [0.05, 0.1) is 7.11 Å². The maximum Gasteiger partial charge on any atom is 0.196 e. The highest BCUT2D eigenvalue weighted by molar-refractivity contribution is 7.93. The number of hydrogen-bond acceptors (Lipinski definition) is 5. The Hall–Kier alpha value is -1.37. The fourth-order valence-corrected chi connectivity index (χ4v) is 4.75. The van der Waals surface area contributed by atoms with Gasteiger partial charge in [-0.05, 0) is 17.5 Å². The molecule has 1 heterocycles. The number of para-hydroxylation sites is 1. The highest BCUT2D eigenvalue weighted by Crippen LogP contribution is 2.35. The second-order valence-electron chi connectivity index (χ2n) is 3.94. The van der Waals surface area contributed by atoms with Crippen molar-refractivity contribution in [3.05, 3.63) is 47.3 Å². The first kappa shape index (κ1) is 14.0. The lowest BCUT2D eigenvalue weighted by atomic mass is 10.1. The summed E-state index contributed by atoms with van der Waals surface area (Å²) in [7, 11) is -1.96. The van der Waals surface area contributed by atoms with E-state index < -0.39 is 15.1 Å². The van der Waals surface area contributed by atoms with Crippen LogP contribution in [0.15, 0.2) is 46.0 Å². The van der Waals surface area contributed by atoms with Crippen molar-refractivity contribution in [1.29, 1.82) is 0 Å². The summed E-state index contributed by atoms with van der Waals surface area (Å²) in [5.41, 5.74) is 6.29. The van der Waals surface area contributed by atoms with Crippen molar-refractivity contribution in [3.63, 3.8) is 0 Å². The summed E-state index contributed by atoms with van der Waals surface area (Å²) in [6, 6.07) is 10.4. The number of methoxy groups -OCH3 is 1. The molecule has 2 N–H and O–H groups in total. The van der Waals surface area contributed by atoms with Gasteiger partial charge in [0, 0.05) is 12.1 Å². The Balaban J connectivity index is 2.52. The molecule has 0 bridgehead atoms. The quantitative estimate of drug-likeness (QED) is 0.919. The largest absolute Gasteiger partial charge is 0.496 e. The van der Waals surface area contributed by atoms with Gasteiger partial charge < -0.3 is 10.5 Å². The average molecular weight is 297 g/mol. The first-order chi connectivity index (χ1) is 9.11. The predicted octanol–water partition coefficient (Wildman–Crippen LogP) is 2.23. The fourth-order valence-electron chi connectivity index (χ4n) is 1.92. The highest BCUT2D eigenvalue weighted by Gasteiger charge is 2.30. The highest BCUT2D eigenvalue weighted by atomic mass is 32.2. The van der Waals surface area contributed by atoms with Gasteiger partial charge in [-0.2, -0.15) is 0 Å². The molecule has 2 rings (SSSR count). The van der Waals surface area contributed by atoms with E-state index in [0.29, 0.717) is 15.5 Å². The van der Waals surface area contributed by atoms with Gasteiger partial charge in [-0.1, -0.05) is 24.3 Å². The Labute approximate surface area is 116 Å². The average Bonchev–Trinajstić information content (AvgIpc) is 2.94. The van der Waals surface area contributed by atoms with Crippen LogP contribution in [0.2, 0.25) is 0 Å². The second kappa shape index (κ2) is 5.73. The molecular formula is C13H15NO3S2. The van der Waals surface area contributed by atoms with E-state index in [1.807, 2.05) is 0 Å². The molecule has 0 fully saturated rings. The van der Waals surface area contributed by atoms with Crippen molar-refractivity contribution >= 4 is 21.2 Å². The van der Waals surface area contributed by atoms with Gasteiger partial charge in [-0.3, -0.25) is 0 Å². The van der Waals surface area contributed by atoms with E-state index in [2.05, 4.69) is 0 Å². The minimum atomic E-state index is -3.48. The standard InChI is InChI=1S/C13H15NO3S2/c1-17-11-6-3-2-5-10(11)12(9-14)19(15,16)13-7-4-8-18-13/h2-8,12H,9,14H2,1H3/t12-/m0/s1. The number of hydrogen-bond donors (Lipinski definition) is 1. The Morgan fingerprint density at radius 3 is 2.58 bits per heavy atom. The summed E-state index contributed by atoms with van der Waals surface area (Å²) in [6.07, 6.45) is 0. The molecule has 102 valence electrons. The number of rotatable bonds is 5. The van der Waals surface area contributed by atoms with Crippen LogP contribution in [-0.4, -0.2) is 22.1 Å². The molecule has 0 aliphatic rings. The van der Waals surface area contributed by atoms with Crippen molar-refractivity contribution in [2.75, 3.05) is 13.7 Å². The summed E-state index contributed by atoms with van der Waals surface area (Å²) < 4.78 is 30.7. The molecule has 19 heavy (non-hydrogen) atoms. The van der Waals surface area contributed by atoms with Gasteiger partial charge >= 0.3 is 0 Å². The summed E-state index contributed by atoms with van der Waals surface area (Å²) in [5.74, 6) is 0.540. The van der Waals surface area contributed by atoms with E-state index in [9.17, 15) is 8.42 Å². The third-order valence-electron chi connectivity index (χ3n) is 2.85. The lowest BCUT2D eigenvalue weighted by molar-refractivity contribution is 0.408. The Kier molecular flexibility index (Phi) is 4.24. The van der Waals surface area contributed by atoms with Gasteiger partial charge in [-0.25, -0.2) is 8.42 Å². The molecule has 2 aromatic rings. The molecule has 1 aromatic carbocycles. The van der Waals surface area contributed by atoms with Gasteiger partial charge in [0.15, 0.2) is 9.84 Å². The van der Waals surface area contributed by atoms with Crippen LogP contribution in [0.4, 0.5) is 0 Å². The van der Waals surface area contributed by atoms with Crippen LogP contribution in [0.25, 0.3) is 0 Å². The number of ether oxygens (including phenoxy) is 1. The SMILES string of the molecule is COc1ccccc1[C@H](CN)S(=O)(=O)c1cccs1. The number of sulfone groups is 1. The zero-order chi connectivity index (χ0) is 13.9. The van der Waals surface area contributed by atoms with Crippen LogP contribution >= 0.6 is 11.3 Å². The van der Waals surface area contributed by atoms with E-state index >= 15 is 0 Å². The van der Waals surface area contributed by atoms with E-state index in [0.717, 1.165) is 0 Å². The van der Waals surface area contributed by atoms with Crippen LogP contribution in [0.3, 0.4) is 0 Å². The third-order valence-corrected chi connectivity index (χ3v) is 6.39. The summed E-state index contributed by atoms with van der Waals surface area (Å²) in [5, 5.41) is 0.949. The van der Waals surface area contributed by atoms with Crippen molar-refractivity contribution in [3.8, 4) is 5.75 Å². The summed E-state index contributed by atoms with van der Waals surface area (Å²) in [4.78, 5) is 0. The minimum Gasteiger partial charge on any atom is -0.496 e. The molecule has 0 aliphatic carbocycles. The first-order valence-electron chi connectivity index (χ1n) is 5.71. The van der Waals surface area contributed by atoms with Crippen molar-refractivity contribution < 1.29 is 13.2 Å². The number of thiophene rings is 1. The third kappa shape index (κ3) is 2.65. The number of nitrogens with two attached hydrogens (primary N) is 1. The van der Waals surface area contributed by atoms with Gasteiger partial charge in [0.2, 0.25) is 0 Å². The van der Waals surface area contributed by atoms with E-state index in [4.69, 9.17) is 10.5 Å². The maximum atomic E-state index is 12.6. The van der Waals surface area contributed by atoms with Crippen molar-refractivity contribution in [1.82, 2.24) is 0 Å². The molecule has 1 atom stereocenters. The molecule has 0 aliphatic heterocycles. The lowest BCUT2D eigenvalue weighted by Crippen LogP contribution is -2.22. The number of benzene rings is 1. The topological polar surface area (TPSA) is 69.4 Å². The molecule has 0 saturated carbocycles. The maximum absolute atomic E-state index is 12.6. The van der Waals surface area contributed by atoms with Crippen molar-refractivity contribution in [2.24, 2.45) is 5.73 Å². The monoisotopic (exact) mass is 297 g/mol. The van der Waals surface area contributed by atoms with Crippen LogP contribution in [0, 0.1) is 0 Å². The molecule has 0 radical (unpaired) electrons. The molecule has 0 saturated heterocycles. The lowest BCUT2D eigenvalue weighted by Gasteiger charge is -2.17. The molecular weight excluding hydrogens is 282 g/mol. The molecule has 0 unspecified atom stereocenters. The van der Waals surface area contributed by atoms with Crippen LogP contribution in [-0.2, 0) is 9.84 Å². The molecule has 0 amide bonds. The smallest absolute Gasteiger partial charge is 0.196 e. The summed E-state index contributed by atoms with van der Waals surface area (Å²) >= 11 is 1.20. The van der Waals surface area contributed by atoms with Gasteiger partial charge in [-0.15, -0.1) is 11.3 Å². The minimum absolute atomic E-state index is 0.0145. The van der Waals surface area contributed by atoms with Crippen LogP contribution in [0.1, 0.15) is 10.8 Å². The van der Waals surface area contributed by atoms with E-state index in [1.165, 1.54) is 18.4 Å². The summed E-state index contributed by atoms with van der Waals surface area (Å²) in [6.45, 7) is 0.0145. The molecule has 1 aromatic heterocycles. The van der Waals surface area contributed by atoms with Crippen LogP contribution in [0.5, 0.6) is 5.75 Å². The van der Waals surface area contributed by atoms with Gasteiger partial charge in [0.1, 0.15) is 15.2 Å². The van der Waals surface area contributed by atoms with Gasteiger partial charge in [0.25, 0.3) is 0 Å². The van der Waals surface area contributed by atoms with Crippen molar-refractivity contribution in [2.45, 2.75) is 9.46 Å². The molecule has 4 nitrogen and oxygen atoms in total. The second-order valence-corrected chi connectivity index (χ2v) is 7.25. The van der Waals surface area contributed by atoms with E-state index in [1.54, 1.807) is 41.8 Å². The fraction of sp³-hybridized carbons (Fsp3) is 0.231. The Morgan fingerprint density at radius 2 is 2.00 bits per heavy atom.